The molecule has 0 spiro atoms. The van der Waals surface area contributed by atoms with E-state index in [4.69, 9.17) is 11.6 Å². The molecule has 2 heterocycles. The Morgan fingerprint density at radius 2 is 1.88 bits per heavy atom. The molecule has 7 heteroatoms. The van der Waals surface area contributed by atoms with Crippen LogP contribution in [-0.2, 0) is 5.41 Å². The van der Waals surface area contributed by atoms with Gasteiger partial charge in [-0.2, -0.15) is 0 Å². The van der Waals surface area contributed by atoms with Gasteiger partial charge >= 0.3 is 0 Å². The number of aromatic nitrogens is 1. The Balaban J connectivity index is 1.18. The van der Waals surface area contributed by atoms with Crippen LogP contribution in [0, 0.1) is 0 Å². The molecule has 1 aliphatic carbocycles. The number of H-pyrrole nitrogens is 1. The number of aromatic amines is 1. The molecule has 5 rings (SSSR count). The molecule has 34 heavy (non-hydrogen) atoms. The fourth-order valence-electron chi connectivity index (χ4n) is 4.98. The SMILES string of the molecule is CN(C)CCC1(c2ccc(C(=O)N3CCC(NC(=O)c4ccc5c(Cl)c[nH]c5c4)C3)cc2)CC1. The minimum absolute atomic E-state index is 0.0314. The highest BCUT2D eigenvalue weighted by Crippen LogP contribution is 2.51. The van der Waals surface area contributed by atoms with Crippen molar-refractivity contribution in [3.05, 3.63) is 70.4 Å². The first kappa shape index (κ1) is 22.9. The summed E-state index contributed by atoms with van der Waals surface area (Å²) in [5, 5.41) is 4.61. The molecule has 2 aliphatic rings. The summed E-state index contributed by atoms with van der Waals surface area (Å²) >= 11 is 6.13. The first-order valence-corrected chi connectivity index (χ1v) is 12.3. The number of fused-ring (bicyclic) bond motifs is 1. The number of likely N-dealkylation sites (tertiary alicyclic amines) is 1. The van der Waals surface area contributed by atoms with Crippen LogP contribution in [0.15, 0.2) is 48.7 Å². The number of rotatable bonds is 7. The summed E-state index contributed by atoms with van der Waals surface area (Å²) in [4.78, 5) is 33.0. The number of nitrogens with one attached hydrogen (secondary N) is 2. The standard InChI is InChI=1S/C27H31ClN4O2/c1-31(2)14-12-27(10-11-27)20-6-3-18(4-7-20)26(34)32-13-9-21(17-32)30-25(33)19-5-8-22-23(28)16-29-24(22)15-19/h3-8,15-16,21,29H,9-14,17H2,1-2H3,(H,30,33). The molecule has 0 radical (unpaired) electrons. The summed E-state index contributed by atoms with van der Waals surface area (Å²) in [6, 6.07) is 13.6. The number of carbonyl (C=O) groups is 2. The summed E-state index contributed by atoms with van der Waals surface area (Å²) in [7, 11) is 4.22. The molecule has 0 bridgehead atoms. The third-order valence-electron chi connectivity index (χ3n) is 7.34. The van der Waals surface area contributed by atoms with E-state index >= 15 is 0 Å². The van der Waals surface area contributed by atoms with Gasteiger partial charge in [0.1, 0.15) is 0 Å². The zero-order valence-corrected chi connectivity index (χ0v) is 20.5. The van der Waals surface area contributed by atoms with Gasteiger partial charge in [-0.3, -0.25) is 9.59 Å². The summed E-state index contributed by atoms with van der Waals surface area (Å²) in [6.45, 7) is 2.24. The molecule has 1 saturated carbocycles. The van der Waals surface area contributed by atoms with Gasteiger partial charge in [-0.15, -0.1) is 0 Å². The highest BCUT2D eigenvalue weighted by molar-refractivity contribution is 6.35. The number of benzene rings is 2. The highest BCUT2D eigenvalue weighted by Gasteiger charge is 2.43. The maximum atomic E-state index is 13.1. The average molecular weight is 479 g/mol. The topological polar surface area (TPSA) is 68.4 Å². The molecule has 2 N–H and O–H groups in total. The Kier molecular flexibility index (Phi) is 6.13. The normalized spacial score (nSPS) is 19.1. The summed E-state index contributed by atoms with van der Waals surface area (Å²) in [5.74, 6) is -0.104. The predicted molar refractivity (Wildman–Crippen MR) is 136 cm³/mol. The number of hydrogen-bond donors (Lipinski definition) is 2. The lowest BCUT2D eigenvalue weighted by Crippen LogP contribution is -2.38. The third kappa shape index (κ3) is 4.57. The molecule has 6 nitrogen and oxygen atoms in total. The largest absolute Gasteiger partial charge is 0.360 e. The fourth-order valence-corrected chi connectivity index (χ4v) is 5.20. The van der Waals surface area contributed by atoms with Crippen LogP contribution in [0.3, 0.4) is 0 Å². The minimum Gasteiger partial charge on any atom is -0.360 e. The van der Waals surface area contributed by atoms with E-state index in [0.29, 0.717) is 34.7 Å². The number of hydrogen-bond acceptors (Lipinski definition) is 3. The third-order valence-corrected chi connectivity index (χ3v) is 7.65. The molecule has 178 valence electrons. The van der Waals surface area contributed by atoms with Crippen LogP contribution in [0.2, 0.25) is 5.02 Å². The van der Waals surface area contributed by atoms with Crippen molar-refractivity contribution in [1.29, 1.82) is 0 Å². The van der Waals surface area contributed by atoms with Crippen LogP contribution >= 0.6 is 11.6 Å². The smallest absolute Gasteiger partial charge is 0.253 e. The van der Waals surface area contributed by atoms with Crippen LogP contribution in [0.4, 0.5) is 0 Å². The molecule has 1 saturated heterocycles. The quantitative estimate of drug-likeness (QED) is 0.527. The van der Waals surface area contributed by atoms with E-state index in [0.717, 1.165) is 30.3 Å². The minimum atomic E-state index is -0.135. The summed E-state index contributed by atoms with van der Waals surface area (Å²) in [5.41, 5.74) is 3.77. The van der Waals surface area contributed by atoms with E-state index in [9.17, 15) is 9.59 Å². The predicted octanol–water partition coefficient (Wildman–Crippen LogP) is 4.45. The lowest BCUT2D eigenvalue weighted by Gasteiger charge is -2.20. The molecular weight excluding hydrogens is 448 g/mol. The summed E-state index contributed by atoms with van der Waals surface area (Å²) < 4.78 is 0. The fraction of sp³-hybridized carbons (Fsp3) is 0.407. The zero-order valence-electron chi connectivity index (χ0n) is 19.7. The number of carbonyl (C=O) groups excluding carboxylic acids is 2. The van der Waals surface area contributed by atoms with Crippen molar-refractivity contribution in [3.8, 4) is 0 Å². The zero-order chi connectivity index (χ0) is 23.9. The first-order chi connectivity index (χ1) is 16.3. The van der Waals surface area contributed by atoms with Crippen molar-refractivity contribution in [2.45, 2.75) is 37.1 Å². The van der Waals surface area contributed by atoms with E-state index < -0.39 is 0 Å². The van der Waals surface area contributed by atoms with E-state index in [-0.39, 0.29) is 17.9 Å². The van der Waals surface area contributed by atoms with E-state index in [1.165, 1.54) is 18.4 Å². The Bertz CT molecular complexity index is 1210. The Labute approximate surface area is 205 Å². The Hall–Kier alpha value is -2.83. The molecule has 1 atom stereocenters. The van der Waals surface area contributed by atoms with E-state index in [2.05, 4.69) is 41.4 Å². The maximum Gasteiger partial charge on any atom is 0.253 e. The number of halogens is 1. The molecule has 1 aliphatic heterocycles. The van der Waals surface area contributed by atoms with Gasteiger partial charge in [-0.25, -0.2) is 0 Å². The van der Waals surface area contributed by atoms with Gasteiger partial charge in [0.05, 0.1) is 5.02 Å². The van der Waals surface area contributed by atoms with Crippen molar-refractivity contribution in [2.24, 2.45) is 0 Å². The van der Waals surface area contributed by atoms with Crippen molar-refractivity contribution in [3.63, 3.8) is 0 Å². The molecule has 1 aromatic heterocycles. The maximum absolute atomic E-state index is 13.1. The molecule has 2 aromatic carbocycles. The monoisotopic (exact) mass is 478 g/mol. The number of amides is 2. The van der Waals surface area contributed by atoms with Crippen molar-refractivity contribution in [2.75, 3.05) is 33.7 Å². The van der Waals surface area contributed by atoms with Gasteiger partial charge in [-0.1, -0.05) is 29.8 Å². The van der Waals surface area contributed by atoms with Crippen LogP contribution < -0.4 is 5.32 Å². The Morgan fingerprint density at radius 1 is 1.15 bits per heavy atom. The van der Waals surface area contributed by atoms with Crippen molar-refractivity contribution >= 4 is 34.3 Å². The van der Waals surface area contributed by atoms with Gasteiger partial charge in [0, 0.05) is 47.4 Å². The second-order valence-electron chi connectivity index (χ2n) is 10.0. The first-order valence-electron chi connectivity index (χ1n) is 12.0. The molecular formula is C27H31ClN4O2. The van der Waals surface area contributed by atoms with Crippen molar-refractivity contribution in [1.82, 2.24) is 20.1 Å². The Morgan fingerprint density at radius 3 is 2.59 bits per heavy atom. The lowest BCUT2D eigenvalue weighted by atomic mass is 9.91. The average Bonchev–Trinajstić information content (AvgIpc) is 3.35. The van der Waals surface area contributed by atoms with Gasteiger partial charge in [-0.05, 0) is 81.6 Å². The van der Waals surface area contributed by atoms with E-state index in [1.807, 2.05) is 23.1 Å². The van der Waals surface area contributed by atoms with Crippen LogP contribution in [0.1, 0.15) is 52.0 Å². The second kappa shape index (κ2) is 9.08. The summed E-state index contributed by atoms with van der Waals surface area (Å²) in [6.07, 6.45) is 6.08. The molecule has 1 unspecified atom stereocenters. The molecule has 3 aromatic rings. The second-order valence-corrected chi connectivity index (χ2v) is 10.4. The lowest BCUT2D eigenvalue weighted by molar-refractivity contribution is 0.0783. The van der Waals surface area contributed by atoms with Crippen LogP contribution in [-0.4, -0.2) is 66.4 Å². The van der Waals surface area contributed by atoms with Crippen LogP contribution in [0.25, 0.3) is 10.9 Å². The van der Waals surface area contributed by atoms with Gasteiger partial charge in [0.2, 0.25) is 0 Å². The molecule has 2 fully saturated rings. The van der Waals surface area contributed by atoms with Gasteiger partial charge in [0.15, 0.2) is 0 Å². The molecule has 2 amide bonds. The highest BCUT2D eigenvalue weighted by atomic mass is 35.5. The van der Waals surface area contributed by atoms with Crippen molar-refractivity contribution < 1.29 is 9.59 Å². The van der Waals surface area contributed by atoms with Gasteiger partial charge in [0.25, 0.3) is 11.8 Å². The number of nitrogens with zero attached hydrogens (tertiary/aromatic N) is 2. The van der Waals surface area contributed by atoms with Crippen LogP contribution in [0.5, 0.6) is 0 Å². The van der Waals surface area contributed by atoms with Gasteiger partial charge < -0.3 is 20.1 Å². The van der Waals surface area contributed by atoms with E-state index in [1.54, 1.807) is 18.3 Å².